The molecule has 0 bridgehead atoms. The minimum absolute atomic E-state index is 0.689. The zero-order valence-electron chi connectivity index (χ0n) is 11.1. The molecule has 1 aromatic heterocycles. The van der Waals surface area contributed by atoms with Crippen molar-refractivity contribution in [1.29, 1.82) is 0 Å². The first-order valence-corrected chi connectivity index (χ1v) is 7.07. The van der Waals surface area contributed by atoms with Gasteiger partial charge in [0.15, 0.2) is 0 Å². The fraction of sp³-hybridized carbons (Fsp3) is 0.267. The molecule has 2 aromatic rings. The standard InChI is InChI=1S/C15H17BrN2O/c1-3-19-13-7-8-14(11(2)9-13)17-10-12-5-4-6-15(16)18-12/h4-9,17H,3,10H2,1-2H3. The van der Waals surface area contributed by atoms with Gasteiger partial charge in [0, 0.05) is 5.69 Å². The molecule has 2 rings (SSSR count). The third kappa shape index (κ3) is 3.96. The number of hydrogen-bond donors (Lipinski definition) is 1. The number of halogens is 1. The minimum Gasteiger partial charge on any atom is -0.494 e. The summed E-state index contributed by atoms with van der Waals surface area (Å²) in [6, 6.07) is 12.0. The number of pyridine rings is 1. The van der Waals surface area contributed by atoms with E-state index in [9.17, 15) is 0 Å². The van der Waals surface area contributed by atoms with Crippen LogP contribution in [0.4, 0.5) is 5.69 Å². The molecule has 1 aromatic carbocycles. The maximum atomic E-state index is 5.47. The van der Waals surface area contributed by atoms with E-state index in [1.54, 1.807) is 0 Å². The van der Waals surface area contributed by atoms with Gasteiger partial charge in [-0.3, -0.25) is 0 Å². The van der Waals surface area contributed by atoms with Gasteiger partial charge in [-0.2, -0.15) is 0 Å². The summed E-state index contributed by atoms with van der Waals surface area (Å²) in [4.78, 5) is 4.39. The first-order chi connectivity index (χ1) is 9.19. The second kappa shape index (κ2) is 6.57. The number of hydrogen-bond acceptors (Lipinski definition) is 3. The number of nitrogens with zero attached hydrogens (tertiary/aromatic N) is 1. The third-order valence-corrected chi connectivity index (χ3v) is 3.18. The van der Waals surface area contributed by atoms with E-state index in [-0.39, 0.29) is 0 Å². The number of aromatic nitrogens is 1. The predicted octanol–water partition coefficient (Wildman–Crippen LogP) is 4.16. The van der Waals surface area contributed by atoms with E-state index in [1.807, 2.05) is 43.3 Å². The normalized spacial score (nSPS) is 10.3. The van der Waals surface area contributed by atoms with E-state index in [1.165, 1.54) is 5.56 Å². The fourth-order valence-electron chi connectivity index (χ4n) is 1.83. The van der Waals surface area contributed by atoms with Gasteiger partial charge in [-0.1, -0.05) is 6.07 Å². The summed E-state index contributed by atoms with van der Waals surface area (Å²) < 4.78 is 6.33. The van der Waals surface area contributed by atoms with Gasteiger partial charge in [-0.25, -0.2) is 4.98 Å². The molecule has 0 saturated heterocycles. The molecule has 1 N–H and O–H groups in total. The summed E-state index contributed by atoms with van der Waals surface area (Å²) in [5.74, 6) is 0.908. The lowest BCUT2D eigenvalue weighted by Crippen LogP contribution is -2.03. The van der Waals surface area contributed by atoms with Crippen molar-refractivity contribution >= 4 is 21.6 Å². The van der Waals surface area contributed by atoms with Crippen molar-refractivity contribution in [3.8, 4) is 5.75 Å². The van der Waals surface area contributed by atoms with Crippen molar-refractivity contribution in [2.45, 2.75) is 20.4 Å². The molecule has 0 aliphatic heterocycles. The van der Waals surface area contributed by atoms with Crippen LogP contribution >= 0.6 is 15.9 Å². The number of rotatable bonds is 5. The van der Waals surface area contributed by atoms with E-state index in [2.05, 4.69) is 33.2 Å². The summed E-state index contributed by atoms with van der Waals surface area (Å²) in [6.45, 7) is 5.45. The summed E-state index contributed by atoms with van der Waals surface area (Å²) in [7, 11) is 0. The molecule has 0 spiro atoms. The van der Waals surface area contributed by atoms with E-state index in [0.29, 0.717) is 13.2 Å². The van der Waals surface area contributed by atoms with Gasteiger partial charge in [0.25, 0.3) is 0 Å². The molecule has 19 heavy (non-hydrogen) atoms. The summed E-state index contributed by atoms with van der Waals surface area (Å²) in [5.41, 5.74) is 3.27. The average Bonchev–Trinajstić information content (AvgIpc) is 2.38. The van der Waals surface area contributed by atoms with E-state index < -0.39 is 0 Å². The van der Waals surface area contributed by atoms with E-state index in [0.717, 1.165) is 21.7 Å². The Bertz CT molecular complexity index is 558. The SMILES string of the molecule is CCOc1ccc(NCc2cccc(Br)n2)c(C)c1. The van der Waals surface area contributed by atoms with Crippen LogP contribution in [0.1, 0.15) is 18.2 Å². The highest BCUT2D eigenvalue weighted by atomic mass is 79.9. The monoisotopic (exact) mass is 320 g/mol. The van der Waals surface area contributed by atoms with Crippen LogP contribution in [0.3, 0.4) is 0 Å². The Morgan fingerprint density at radius 3 is 2.79 bits per heavy atom. The molecule has 0 fully saturated rings. The average molecular weight is 321 g/mol. The predicted molar refractivity (Wildman–Crippen MR) is 81.6 cm³/mol. The zero-order chi connectivity index (χ0) is 13.7. The Morgan fingerprint density at radius 1 is 1.26 bits per heavy atom. The van der Waals surface area contributed by atoms with E-state index >= 15 is 0 Å². The Balaban J connectivity index is 2.03. The molecular formula is C15H17BrN2O. The van der Waals surface area contributed by atoms with Gasteiger partial charge < -0.3 is 10.1 Å². The van der Waals surface area contributed by atoms with E-state index in [4.69, 9.17) is 4.74 Å². The molecule has 0 aliphatic carbocycles. The highest BCUT2D eigenvalue weighted by Gasteiger charge is 2.01. The number of aryl methyl sites for hydroxylation is 1. The lowest BCUT2D eigenvalue weighted by molar-refractivity contribution is 0.340. The maximum absolute atomic E-state index is 5.47. The van der Waals surface area contributed by atoms with Gasteiger partial charge in [-0.05, 0) is 65.7 Å². The lowest BCUT2D eigenvalue weighted by atomic mass is 10.2. The molecule has 0 saturated carbocycles. The smallest absolute Gasteiger partial charge is 0.119 e. The Hall–Kier alpha value is -1.55. The van der Waals surface area contributed by atoms with Crippen molar-refractivity contribution in [3.63, 3.8) is 0 Å². The summed E-state index contributed by atoms with van der Waals surface area (Å²) in [5, 5.41) is 3.39. The maximum Gasteiger partial charge on any atom is 0.119 e. The van der Waals surface area contributed by atoms with Crippen LogP contribution in [0.5, 0.6) is 5.75 Å². The van der Waals surface area contributed by atoms with Crippen molar-refractivity contribution < 1.29 is 4.74 Å². The molecule has 0 aliphatic rings. The first kappa shape index (κ1) is 13.9. The minimum atomic E-state index is 0.689. The highest BCUT2D eigenvalue weighted by Crippen LogP contribution is 2.21. The highest BCUT2D eigenvalue weighted by molar-refractivity contribution is 9.10. The van der Waals surface area contributed by atoms with Gasteiger partial charge in [0.05, 0.1) is 18.8 Å². The molecule has 4 heteroatoms. The third-order valence-electron chi connectivity index (χ3n) is 2.74. The van der Waals surface area contributed by atoms with Gasteiger partial charge >= 0.3 is 0 Å². The van der Waals surface area contributed by atoms with Crippen LogP contribution in [0.2, 0.25) is 0 Å². The fourth-order valence-corrected chi connectivity index (χ4v) is 2.21. The second-order valence-corrected chi connectivity index (χ2v) is 5.03. The zero-order valence-corrected chi connectivity index (χ0v) is 12.7. The molecule has 3 nitrogen and oxygen atoms in total. The number of benzene rings is 1. The quantitative estimate of drug-likeness (QED) is 0.840. The largest absolute Gasteiger partial charge is 0.494 e. The Morgan fingerprint density at radius 2 is 2.11 bits per heavy atom. The van der Waals surface area contributed by atoms with Gasteiger partial charge in [-0.15, -0.1) is 0 Å². The van der Waals surface area contributed by atoms with Crippen LogP contribution in [-0.4, -0.2) is 11.6 Å². The van der Waals surface area contributed by atoms with Gasteiger partial charge in [0.2, 0.25) is 0 Å². The number of nitrogens with one attached hydrogen (secondary N) is 1. The topological polar surface area (TPSA) is 34.1 Å². The molecule has 0 radical (unpaired) electrons. The van der Waals surface area contributed by atoms with Crippen molar-refractivity contribution in [2.24, 2.45) is 0 Å². The first-order valence-electron chi connectivity index (χ1n) is 6.28. The van der Waals surface area contributed by atoms with Crippen molar-refractivity contribution in [3.05, 3.63) is 52.3 Å². The second-order valence-electron chi connectivity index (χ2n) is 4.21. The molecule has 0 amide bonds. The molecule has 0 unspecified atom stereocenters. The Labute approximate surface area is 122 Å². The summed E-state index contributed by atoms with van der Waals surface area (Å²) in [6.07, 6.45) is 0. The van der Waals surface area contributed by atoms with Crippen molar-refractivity contribution in [1.82, 2.24) is 4.98 Å². The molecule has 100 valence electrons. The molecule has 0 atom stereocenters. The van der Waals surface area contributed by atoms with Gasteiger partial charge in [0.1, 0.15) is 10.4 Å². The number of anilines is 1. The van der Waals surface area contributed by atoms with Crippen LogP contribution in [0.25, 0.3) is 0 Å². The lowest BCUT2D eigenvalue weighted by Gasteiger charge is -2.11. The van der Waals surface area contributed by atoms with Crippen LogP contribution in [0.15, 0.2) is 41.0 Å². The van der Waals surface area contributed by atoms with Crippen LogP contribution in [-0.2, 0) is 6.54 Å². The van der Waals surface area contributed by atoms with Crippen LogP contribution in [0, 0.1) is 6.92 Å². The molecule has 1 heterocycles. The number of ether oxygens (including phenoxy) is 1. The van der Waals surface area contributed by atoms with Crippen molar-refractivity contribution in [2.75, 3.05) is 11.9 Å². The summed E-state index contributed by atoms with van der Waals surface area (Å²) >= 11 is 3.37. The molecular weight excluding hydrogens is 304 g/mol. The van der Waals surface area contributed by atoms with Crippen LogP contribution < -0.4 is 10.1 Å². The Kier molecular flexibility index (Phi) is 4.80.